The van der Waals surface area contributed by atoms with Gasteiger partial charge in [-0.25, -0.2) is 0 Å². The maximum atomic E-state index is 12.6. The second-order valence-corrected chi connectivity index (χ2v) is 6.95. The molecule has 1 amide bonds. The number of aromatic nitrogens is 1. The van der Waals surface area contributed by atoms with E-state index in [9.17, 15) is 4.79 Å². The van der Waals surface area contributed by atoms with Gasteiger partial charge >= 0.3 is 0 Å². The van der Waals surface area contributed by atoms with Gasteiger partial charge in [0, 0.05) is 24.0 Å². The molecule has 0 aliphatic heterocycles. The van der Waals surface area contributed by atoms with E-state index in [0.717, 1.165) is 17.0 Å². The molecule has 3 rings (SSSR count). The SMILES string of the molecule is Cc1cc(C(=O)NCC(N)C2CC2)c(C)n1C(C)c1ccccc1.Cl. The highest BCUT2D eigenvalue weighted by molar-refractivity contribution is 5.95. The molecule has 1 heterocycles. The molecule has 0 saturated heterocycles. The van der Waals surface area contributed by atoms with Crippen LogP contribution < -0.4 is 11.1 Å². The first kappa shape index (κ1) is 19.5. The van der Waals surface area contributed by atoms with Crippen LogP contribution in [-0.2, 0) is 0 Å². The Bertz CT molecular complexity index is 722. The summed E-state index contributed by atoms with van der Waals surface area (Å²) in [5, 5.41) is 3.00. The number of rotatable bonds is 6. The Hall–Kier alpha value is -1.78. The van der Waals surface area contributed by atoms with Crippen molar-refractivity contribution in [2.24, 2.45) is 11.7 Å². The Morgan fingerprint density at radius 1 is 1.28 bits per heavy atom. The lowest BCUT2D eigenvalue weighted by Gasteiger charge is -2.19. The minimum Gasteiger partial charge on any atom is -0.350 e. The van der Waals surface area contributed by atoms with Crippen LogP contribution in [-0.4, -0.2) is 23.1 Å². The van der Waals surface area contributed by atoms with E-state index in [0.29, 0.717) is 12.5 Å². The smallest absolute Gasteiger partial charge is 0.253 e. The first-order chi connectivity index (χ1) is 11.5. The molecule has 2 atom stereocenters. The number of carbonyl (C=O) groups excluding carboxylic acids is 1. The van der Waals surface area contributed by atoms with E-state index in [2.05, 4.69) is 35.9 Å². The normalized spacial score (nSPS) is 16.0. The van der Waals surface area contributed by atoms with Crippen molar-refractivity contribution >= 4 is 18.3 Å². The first-order valence-electron chi connectivity index (χ1n) is 8.76. The monoisotopic (exact) mass is 361 g/mol. The number of aryl methyl sites for hydroxylation is 1. The third-order valence-electron chi connectivity index (χ3n) is 5.12. The zero-order chi connectivity index (χ0) is 17.3. The molecular weight excluding hydrogens is 334 g/mol. The number of carbonyl (C=O) groups is 1. The molecule has 4 nitrogen and oxygen atoms in total. The van der Waals surface area contributed by atoms with Gasteiger partial charge in [-0.3, -0.25) is 4.79 Å². The third kappa shape index (κ3) is 4.25. The van der Waals surface area contributed by atoms with Crippen molar-refractivity contribution in [1.82, 2.24) is 9.88 Å². The second-order valence-electron chi connectivity index (χ2n) is 6.95. The molecule has 1 aromatic heterocycles. The van der Waals surface area contributed by atoms with Crippen molar-refractivity contribution in [3.63, 3.8) is 0 Å². The standard InChI is InChI=1S/C20H27N3O.ClH/c1-13-11-18(20(24)22-12-19(21)17-9-10-17)15(3)23(13)14(2)16-7-5-4-6-8-16;/h4-8,11,14,17,19H,9-10,12,21H2,1-3H3,(H,22,24);1H. The number of benzene rings is 1. The Labute approximate surface area is 156 Å². The third-order valence-corrected chi connectivity index (χ3v) is 5.12. The van der Waals surface area contributed by atoms with Gasteiger partial charge in [-0.2, -0.15) is 0 Å². The lowest BCUT2D eigenvalue weighted by Crippen LogP contribution is -2.38. The molecule has 1 aliphatic rings. The number of hydrogen-bond donors (Lipinski definition) is 2. The van der Waals surface area contributed by atoms with Crippen molar-refractivity contribution in [3.8, 4) is 0 Å². The average molecular weight is 362 g/mol. The highest BCUT2D eigenvalue weighted by Crippen LogP contribution is 2.31. The molecule has 25 heavy (non-hydrogen) atoms. The fourth-order valence-corrected chi connectivity index (χ4v) is 3.48. The Morgan fingerprint density at radius 3 is 2.52 bits per heavy atom. The molecule has 1 aromatic carbocycles. The van der Waals surface area contributed by atoms with Gasteiger partial charge in [0.15, 0.2) is 0 Å². The molecule has 0 radical (unpaired) electrons. The Morgan fingerprint density at radius 2 is 1.92 bits per heavy atom. The van der Waals surface area contributed by atoms with Gasteiger partial charge in [0.25, 0.3) is 5.91 Å². The minimum atomic E-state index is -0.0225. The van der Waals surface area contributed by atoms with E-state index in [1.807, 2.05) is 31.2 Å². The summed E-state index contributed by atoms with van der Waals surface area (Å²) in [7, 11) is 0. The summed E-state index contributed by atoms with van der Waals surface area (Å²) in [6, 6.07) is 12.6. The van der Waals surface area contributed by atoms with Gasteiger partial charge in [-0.15, -0.1) is 12.4 Å². The van der Waals surface area contributed by atoms with E-state index in [1.165, 1.54) is 18.4 Å². The predicted octanol–water partition coefficient (Wildman–Crippen LogP) is 3.60. The van der Waals surface area contributed by atoms with Gasteiger partial charge in [-0.1, -0.05) is 30.3 Å². The molecule has 2 aromatic rings. The topological polar surface area (TPSA) is 60.1 Å². The van der Waals surface area contributed by atoms with E-state index >= 15 is 0 Å². The fraction of sp³-hybridized carbons (Fsp3) is 0.450. The van der Waals surface area contributed by atoms with E-state index in [-0.39, 0.29) is 30.4 Å². The van der Waals surface area contributed by atoms with Crippen LogP contribution in [0, 0.1) is 19.8 Å². The zero-order valence-corrected chi connectivity index (χ0v) is 16.0. The number of halogens is 1. The van der Waals surface area contributed by atoms with Crippen LogP contribution in [0.25, 0.3) is 0 Å². The van der Waals surface area contributed by atoms with E-state index < -0.39 is 0 Å². The van der Waals surface area contributed by atoms with Crippen LogP contribution in [0.4, 0.5) is 0 Å². The molecular formula is C20H28ClN3O. The zero-order valence-electron chi connectivity index (χ0n) is 15.2. The Kier molecular flexibility index (Phi) is 6.31. The Balaban J connectivity index is 0.00000225. The van der Waals surface area contributed by atoms with Gasteiger partial charge in [0.05, 0.1) is 11.6 Å². The first-order valence-corrected chi connectivity index (χ1v) is 8.76. The largest absolute Gasteiger partial charge is 0.350 e. The molecule has 1 fully saturated rings. The van der Waals surface area contributed by atoms with Crippen molar-refractivity contribution < 1.29 is 4.79 Å². The highest BCUT2D eigenvalue weighted by Gasteiger charge is 2.29. The quantitative estimate of drug-likeness (QED) is 0.825. The van der Waals surface area contributed by atoms with Crippen LogP contribution in [0.2, 0.25) is 0 Å². The van der Waals surface area contributed by atoms with Crippen molar-refractivity contribution in [3.05, 3.63) is 58.9 Å². The molecule has 5 heteroatoms. The molecule has 0 spiro atoms. The van der Waals surface area contributed by atoms with Crippen LogP contribution in [0.15, 0.2) is 36.4 Å². The van der Waals surface area contributed by atoms with Crippen LogP contribution >= 0.6 is 12.4 Å². The maximum absolute atomic E-state index is 12.6. The summed E-state index contributed by atoms with van der Waals surface area (Å²) >= 11 is 0. The maximum Gasteiger partial charge on any atom is 0.253 e. The summed E-state index contributed by atoms with van der Waals surface area (Å²) < 4.78 is 2.23. The van der Waals surface area contributed by atoms with Gasteiger partial charge in [0.2, 0.25) is 0 Å². The number of nitrogens with two attached hydrogens (primary N) is 1. The summed E-state index contributed by atoms with van der Waals surface area (Å²) in [5.74, 6) is 0.571. The molecule has 3 N–H and O–H groups in total. The second kappa shape index (κ2) is 8.07. The van der Waals surface area contributed by atoms with Crippen LogP contribution in [0.3, 0.4) is 0 Å². The lowest BCUT2D eigenvalue weighted by molar-refractivity contribution is 0.0949. The average Bonchev–Trinajstić information content (AvgIpc) is 3.39. The van der Waals surface area contributed by atoms with E-state index in [1.54, 1.807) is 0 Å². The molecule has 2 unspecified atom stereocenters. The molecule has 0 bridgehead atoms. The summed E-state index contributed by atoms with van der Waals surface area (Å²) in [6.45, 7) is 6.79. The number of nitrogens with one attached hydrogen (secondary N) is 1. The van der Waals surface area contributed by atoms with Gasteiger partial charge < -0.3 is 15.6 Å². The number of nitrogens with zero attached hydrogens (tertiary/aromatic N) is 1. The fourth-order valence-electron chi connectivity index (χ4n) is 3.48. The summed E-state index contributed by atoms with van der Waals surface area (Å²) in [5.41, 5.74) is 10.2. The van der Waals surface area contributed by atoms with Gasteiger partial charge in [0.1, 0.15) is 0 Å². The lowest BCUT2D eigenvalue weighted by atomic mass is 10.1. The van der Waals surface area contributed by atoms with Crippen molar-refractivity contribution in [1.29, 1.82) is 0 Å². The van der Waals surface area contributed by atoms with Crippen molar-refractivity contribution in [2.75, 3.05) is 6.54 Å². The minimum absolute atomic E-state index is 0. The molecule has 1 saturated carbocycles. The van der Waals surface area contributed by atoms with Gasteiger partial charge in [-0.05, 0) is 51.2 Å². The van der Waals surface area contributed by atoms with Crippen LogP contribution in [0.1, 0.15) is 53.1 Å². The predicted molar refractivity (Wildman–Crippen MR) is 104 cm³/mol. The van der Waals surface area contributed by atoms with Crippen LogP contribution in [0.5, 0.6) is 0 Å². The summed E-state index contributed by atoms with van der Waals surface area (Å²) in [6.07, 6.45) is 2.39. The van der Waals surface area contributed by atoms with Crippen molar-refractivity contribution in [2.45, 2.75) is 45.7 Å². The number of amides is 1. The highest BCUT2D eigenvalue weighted by atomic mass is 35.5. The number of hydrogen-bond acceptors (Lipinski definition) is 2. The molecule has 1 aliphatic carbocycles. The molecule has 136 valence electrons. The van der Waals surface area contributed by atoms with E-state index in [4.69, 9.17) is 5.73 Å². The summed E-state index contributed by atoms with van der Waals surface area (Å²) in [4.78, 5) is 12.6.